The van der Waals surface area contributed by atoms with E-state index >= 15 is 0 Å². The van der Waals surface area contributed by atoms with Crippen molar-refractivity contribution in [3.8, 4) is 0 Å². The van der Waals surface area contributed by atoms with E-state index in [2.05, 4.69) is 24.6 Å². The summed E-state index contributed by atoms with van der Waals surface area (Å²) >= 11 is 0. The van der Waals surface area contributed by atoms with Gasteiger partial charge in [0.15, 0.2) is 0 Å². The number of carbonyl (C=O) groups excluding carboxylic acids is 1. The molecule has 1 spiro atoms. The summed E-state index contributed by atoms with van der Waals surface area (Å²) in [5, 5.41) is 3.73. The molecule has 4 N–H and O–H groups in total. The first-order chi connectivity index (χ1) is 14.8. The number of nitrogen functional groups attached to an aromatic ring is 1. The molecule has 1 fully saturated rings. The first-order valence-corrected chi connectivity index (χ1v) is 11.9. The fourth-order valence-corrected chi connectivity index (χ4v) is 5.85. The predicted molar refractivity (Wildman–Crippen MR) is 118 cm³/mol. The lowest BCUT2D eigenvalue weighted by atomic mass is 9.72. The zero-order valence-corrected chi connectivity index (χ0v) is 17.9. The molecule has 1 unspecified atom stereocenters. The highest BCUT2D eigenvalue weighted by atomic mass is 32.2. The van der Waals surface area contributed by atoms with E-state index in [0.717, 1.165) is 37.5 Å². The van der Waals surface area contributed by atoms with Crippen LogP contribution >= 0.6 is 0 Å². The SMILES string of the molecule is CC1C(=O)Nc2cc3cnc(NS(=O)(=O)c4ccc(N)cc4)nc3n2C12CCCCC2. The maximum Gasteiger partial charge on any atom is 0.264 e. The van der Waals surface area contributed by atoms with Crippen LogP contribution in [0.4, 0.5) is 17.5 Å². The van der Waals surface area contributed by atoms with Crippen molar-refractivity contribution >= 4 is 44.4 Å². The van der Waals surface area contributed by atoms with Crippen molar-refractivity contribution in [3.05, 3.63) is 36.5 Å². The average Bonchev–Trinajstić information content (AvgIpc) is 3.11. The Morgan fingerprint density at radius 3 is 2.61 bits per heavy atom. The summed E-state index contributed by atoms with van der Waals surface area (Å²) in [6.07, 6.45) is 6.58. The highest BCUT2D eigenvalue weighted by Gasteiger charge is 2.47. The summed E-state index contributed by atoms with van der Waals surface area (Å²) in [5.74, 6) is 0.476. The van der Waals surface area contributed by atoms with Gasteiger partial charge in [-0.2, -0.15) is 4.98 Å². The van der Waals surface area contributed by atoms with Gasteiger partial charge in [0.05, 0.1) is 16.4 Å². The van der Waals surface area contributed by atoms with Crippen LogP contribution in [0.2, 0.25) is 0 Å². The number of carbonyl (C=O) groups is 1. The van der Waals surface area contributed by atoms with Crippen molar-refractivity contribution < 1.29 is 13.2 Å². The quantitative estimate of drug-likeness (QED) is 0.536. The van der Waals surface area contributed by atoms with Crippen LogP contribution in [0.1, 0.15) is 39.0 Å². The Balaban J connectivity index is 1.60. The Kier molecular flexibility index (Phi) is 4.44. The van der Waals surface area contributed by atoms with E-state index in [-0.39, 0.29) is 28.2 Å². The molecule has 1 atom stereocenters. The molecule has 10 heteroatoms. The Hall–Kier alpha value is -3.14. The molecule has 1 aliphatic carbocycles. The van der Waals surface area contributed by atoms with Gasteiger partial charge in [-0.15, -0.1) is 0 Å². The number of amides is 1. The Bertz CT molecular complexity index is 1280. The standard InChI is InChI=1S/C21H24N6O3S/c1-13-19(28)24-17-11-14-12-23-20(26-31(29,30)16-7-5-15(22)6-8-16)25-18(14)27(17)21(13)9-3-2-4-10-21/h5-8,11-13H,2-4,9-10,22H2,1H3,(H,24,28)(H,23,25,26). The van der Waals surface area contributed by atoms with Crippen molar-refractivity contribution in [3.63, 3.8) is 0 Å². The molecule has 0 saturated heterocycles. The minimum Gasteiger partial charge on any atom is -0.399 e. The summed E-state index contributed by atoms with van der Waals surface area (Å²) in [4.78, 5) is 21.5. The molecule has 1 amide bonds. The second-order valence-electron chi connectivity index (χ2n) is 8.39. The van der Waals surface area contributed by atoms with E-state index in [1.165, 1.54) is 24.3 Å². The molecule has 2 aliphatic rings. The lowest BCUT2D eigenvalue weighted by Gasteiger charge is -2.46. The highest BCUT2D eigenvalue weighted by molar-refractivity contribution is 7.92. The van der Waals surface area contributed by atoms with E-state index in [1.54, 1.807) is 6.20 Å². The van der Waals surface area contributed by atoms with Gasteiger partial charge in [-0.25, -0.2) is 18.1 Å². The number of benzene rings is 1. The molecule has 3 aromatic rings. The number of sulfonamides is 1. The van der Waals surface area contributed by atoms with E-state index in [1.807, 2.05) is 13.0 Å². The Morgan fingerprint density at radius 2 is 1.90 bits per heavy atom. The van der Waals surface area contributed by atoms with Crippen LogP contribution in [0.5, 0.6) is 0 Å². The van der Waals surface area contributed by atoms with Gasteiger partial charge in [-0.3, -0.25) is 4.79 Å². The van der Waals surface area contributed by atoms with Crippen LogP contribution in [-0.4, -0.2) is 28.9 Å². The Labute approximate surface area is 180 Å². The zero-order valence-electron chi connectivity index (χ0n) is 17.1. The normalized spacial score (nSPS) is 20.4. The molecule has 0 bridgehead atoms. The van der Waals surface area contributed by atoms with Gasteiger partial charge in [0.2, 0.25) is 11.9 Å². The molecule has 0 radical (unpaired) electrons. The van der Waals surface area contributed by atoms with Crippen LogP contribution < -0.4 is 15.8 Å². The number of aromatic nitrogens is 3. The number of nitrogens with one attached hydrogen (secondary N) is 2. The van der Waals surface area contributed by atoms with E-state index in [9.17, 15) is 13.2 Å². The van der Waals surface area contributed by atoms with Gasteiger partial charge in [-0.1, -0.05) is 26.2 Å². The molecule has 1 aliphatic heterocycles. The third-order valence-electron chi connectivity index (χ3n) is 6.57. The summed E-state index contributed by atoms with van der Waals surface area (Å²) < 4.78 is 30.1. The topological polar surface area (TPSA) is 132 Å². The summed E-state index contributed by atoms with van der Waals surface area (Å²) in [5.41, 5.74) is 6.39. The number of hydrogen-bond donors (Lipinski definition) is 3. The van der Waals surface area contributed by atoms with Crippen LogP contribution in [0.15, 0.2) is 41.4 Å². The first-order valence-electron chi connectivity index (χ1n) is 10.4. The molecular formula is C21H24N6O3S. The van der Waals surface area contributed by atoms with Crippen molar-refractivity contribution in [1.29, 1.82) is 0 Å². The van der Waals surface area contributed by atoms with Gasteiger partial charge < -0.3 is 15.6 Å². The van der Waals surface area contributed by atoms with Gasteiger partial charge in [0.25, 0.3) is 10.0 Å². The molecule has 162 valence electrons. The Morgan fingerprint density at radius 1 is 1.19 bits per heavy atom. The van der Waals surface area contributed by atoms with E-state index < -0.39 is 10.0 Å². The summed E-state index contributed by atoms with van der Waals surface area (Å²) in [6.45, 7) is 1.96. The number of nitrogens with zero attached hydrogens (tertiary/aromatic N) is 3. The number of nitrogens with two attached hydrogens (primary N) is 1. The molecule has 2 aromatic heterocycles. The second kappa shape index (κ2) is 6.94. The molecule has 9 nitrogen and oxygen atoms in total. The largest absolute Gasteiger partial charge is 0.399 e. The number of hydrogen-bond acceptors (Lipinski definition) is 6. The van der Waals surface area contributed by atoms with Crippen LogP contribution in [-0.2, 0) is 20.4 Å². The number of fused-ring (bicyclic) bond motifs is 4. The van der Waals surface area contributed by atoms with Crippen molar-refractivity contribution in [2.75, 3.05) is 15.8 Å². The lowest BCUT2D eigenvalue weighted by Crippen LogP contribution is -2.51. The molecule has 1 saturated carbocycles. The number of anilines is 3. The molecule has 1 aromatic carbocycles. The van der Waals surface area contributed by atoms with Gasteiger partial charge in [-0.05, 0) is 43.2 Å². The van der Waals surface area contributed by atoms with Crippen molar-refractivity contribution in [2.24, 2.45) is 5.92 Å². The minimum absolute atomic E-state index is 0.00874. The lowest BCUT2D eigenvalue weighted by molar-refractivity contribution is -0.124. The smallest absolute Gasteiger partial charge is 0.264 e. The first kappa shape index (κ1) is 19.8. The summed E-state index contributed by atoms with van der Waals surface area (Å²) in [6, 6.07) is 7.78. The number of rotatable bonds is 3. The highest BCUT2D eigenvalue weighted by Crippen LogP contribution is 2.48. The van der Waals surface area contributed by atoms with Crippen LogP contribution in [0, 0.1) is 5.92 Å². The maximum atomic E-state index is 12.8. The zero-order chi connectivity index (χ0) is 21.8. The monoisotopic (exact) mass is 440 g/mol. The fourth-order valence-electron chi connectivity index (χ4n) is 4.90. The molecule has 5 rings (SSSR count). The van der Waals surface area contributed by atoms with Gasteiger partial charge in [0, 0.05) is 17.3 Å². The van der Waals surface area contributed by atoms with Crippen LogP contribution in [0.25, 0.3) is 11.0 Å². The maximum absolute atomic E-state index is 12.8. The van der Waals surface area contributed by atoms with Crippen molar-refractivity contribution in [1.82, 2.24) is 14.5 Å². The van der Waals surface area contributed by atoms with E-state index in [0.29, 0.717) is 17.2 Å². The summed E-state index contributed by atoms with van der Waals surface area (Å²) in [7, 11) is -3.87. The van der Waals surface area contributed by atoms with Crippen molar-refractivity contribution in [2.45, 2.75) is 49.5 Å². The average molecular weight is 441 g/mol. The predicted octanol–water partition coefficient (Wildman–Crippen LogP) is 3.06. The van der Waals surface area contributed by atoms with E-state index in [4.69, 9.17) is 5.73 Å². The minimum atomic E-state index is -3.87. The second-order valence-corrected chi connectivity index (χ2v) is 10.1. The third-order valence-corrected chi connectivity index (χ3v) is 7.92. The van der Waals surface area contributed by atoms with Crippen LogP contribution in [0.3, 0.4) is 0 Å². The van der Waals surface area contributed by atoms with Gasteiger partial charge >= 0.3 is 0 Å². The third kappa shape index (κ3) is 3.13. The van der Waals surface area contributed by atoms with Gasteiger partial charge in [0.1, 0.15) is 11.5 Å². The molecule has 3 heterocycles. The molecular weight excluding hydrogens is 416 g/mol. The fraction of sp³-hybridized carbons (Fsp3) is 0.381. The molecule has 31 heavy (non-hydrogen) atoms.